The number of halogens is 1. The summed E-state index contributed by atoms with van der Waals surface area (Å²) < 4.78 is 11.7. The summed E-state index contributed by atoms with van der Waals surface area (Å²) in [5.74, 6) is 0.810. The van der Waals surface area contributed by atoms with Gasteiger partial charge in [0.25, 0.3) is 0 Å². The average molecular weight is 337 g/mol. The molecule has 0 heterocycles. The highest BCUT2D eigenvalue weighted by atomic mass is 79.9. The molecule has 20 heavy (non-hydrogen) atoms. The predicted molar refractivity (Wildman–Crippen MR) is 80.1 cm³/mol. The van der Waals surface area contributed by atoms with Gasteiger partial charge in [-0.2, -0.15) is 0 Å². The average Bonchev–Trinajstić information content (AvgIpc) is 2.43. The van der Waals surface area contributed by atoms with Gasteiger partial charge in [-0.05, 0) is 36.4 Å². The Morgan fingerprint density at radius 1 is 1.10 bits per heavy atom. The van der Waals surface area contributed by atoms with Crippen LogP contribution in [0.3, 0.4) is 0 Å². The van der Waals surface area contributed by atoms with Gasteiger partial charge in [-0.1, -0.05) is 15.9 Å². The van der Waals surface area contributed by atoms with Crippen molar-refractivity contribution in [2.75, 3.05) is 12.8 Å². The smallest absolute Gasteiger partial charge is 0.248 e. The SMILES string of the molecule is COc1cc(C(N)=O)ccc1Oc1cc(Br)ccc1N. The number of rotatable bonds is 4. The molecule has 0 aromatic heterocycles. The Labute approximate surface area is 124 Å². The van der Waals surface area contributed by atoms with Crippen molar-refractivity contribution in [3.05, 3.63) is 46.4 Å². The maximum atomic E-state index is 11.1. The minimum Gasteiger partial charge on any atom is -0.493 e. The quantitative estimate of drug-likeness (QED) is 0.840. The molecular weight excluding hydrogens is 324 g/mol. The van der Waals surface area contributed by atoms with E-state index in [1.165, 1.54) is 13.2 Å². The van der Waals surface area contributed by atoms with Crippen molar-refractivity contribution in [1.29, 1.82) is 0 Å². The summed E-state index contributed by atoms with van der Waals surface area (Å²) in [7, 11) is 1.48. The van der Waals surface area contributed by atoms with Gasteiger partial charge in [0.2, 0.25) is 5.91 Å². The van der Waals surface area contributed by atoms with Gasteiger partial charge in [-0.3, -0.25) is 4.79 Å². The van der Waals surface area contributed by atoms with Gasteiger partial charge in [-0.15, -0.1) is 0 Å². The number of carbonyl (C=O) groups excluding carboxylic acids is 1. The second-order valence-electron chi connectivity index (χ2n) is 4.01. The number of nitrogens with two attached hydrogens (primary N) is 2. The molecule has 0 saturated heterocycles. The molecule has 2 aromatic rings. The largest absolute Gasteiger partial charge is 0.493 e. The Balaban J connectivity index is 2.38. The molecule has 2 aromatic carbocycles. The Morgan fingerprint density at radius 2 is 1.85 bits per heavy atom. The monoisotopic (exact) mass is 336 g/mol. The molecule has 0 radical (unpaired) electrons. The fourth-order valence-electron chi connectivity index (χ4n) is 1.62. The van der Waals surface area contributed by atoms with Crippen LogP contribution in [0.5, 0.6) is 17.2 Å². The van der Waals surface area contributed by atoms with Gasteiger partial charge < -0.3 is 20.9 Å². The zero-order valence-corrected chi connectivity index (χ0v) is 12.3. The lowest BCUT2D eigenvalue weighted by Gasteiger charge is -2.12. The standard InChI is InChI=1S/C14H13BrN2O3/c1-19-13-6-8(14(17)18)2-5-11(13)20-12-7-9(15)3-4-10(12)16/h2-7H,16H2,1H3,(H2,17,18). The van der Waals surface area contributed by atoms with Crippen LogP contribution in [0.4, 0.5) is 5.69 Å². The minimum atomic E-state index is -0.531. The highest BCUT2D eigenvalue weighted by molar-refractivity contribution is 9.10. The van der Waals surface area contributed by atoms with Crippen LogP contribution in [0.25, 0.3) is 0 Å². The fraction of sp³-hybridized carbons (Fsp3) is 0.0714. The van der Waals surface area contributed by atoms with Crippen LogP contribution in [0, 0.1) is 0 Å². The van der Waals surface area contributed by atoms with E-state index in [1.807, 2.05) is 6.07 Å². The second kappa shape index (κ2) is 5.83. The van der Waals surface area contributed by atoms with E-state index in [4.69, 9.17) is 20.9 Å². The summed E-state index contributed by atoms with van der Waals surface area (Å²) in [5, 5.41) is 0. The molecule has 5 nitrogen and oxygen atoms in total. The van der Waals surface area contributed by atoms with Gasteiger partial charge in [0.05, 0.1) is 12.8 Å². The highest BCUT2D eigenvalue weighted by Crippen LogP contribution is 2.36. The first-order valence-electron chi connectivity index (χ1n) is 5.72. The second-order valence-corrected chi connectivity index (χ2v) is 4.93. The molecule has 4 N–H and O–H groups in total. The molecule has 2 rings (SSSR count). The van der Waals surface area contributed by atoms with E-state index in [0.717, 1.165) is 4.47 Å². The number of amides is 1. The van der Waals surface area contributed by atoms with Crippen LogP contribution in [-0.4, -0.2) is 13.0 Å². The molecule has 0 atom stereocenters. The fourth-order valence-corrected chi connectivity index (χ4v) is 1.96. The van der Waals surface area contributed by atoms with Crippen molar-refractivity contribution in [2.45, 2.75) is 0 Å². The van der Waals surface area contributed by atoms with Crippen LogP contribution in [0.15, 0.2) is 40.9 Å². The topological polar surface area (TPSA) is 87.6 Å². The van der Waals surface area contributed by atoms with E-state index in [1.54, 1.807) is 24.3 Å². The molecule has 6 heteroatoms. The van der Waals surface area contributed by atoms with Crippen molar-refractivity contribution in [1.82, 2.24) is 0 Å². The summed E-state index contributed by atoms with van der Waals surface area (Å²) in [6.45, 7) is 0. The molecule has 1 amide bonds. The number of nitrogen functional groups attached to an aromatic ring is 1. The Hall–Kier alpha value is -2.21. The maximum absolute atomic E-state index is 11.1. The van der Waals surface area contributed by atoms with Gasteiger partial charge in [-0.25, -0.2) is 0 Å². The Kier molecular flexibility index (Phi) is 4.14. The van der Waals surface area contributed by atoms with E-state index in [0.29, 0.717) is 28.5 Å². The molecule has 0 aliphatic rings. The zero-order valence-electron chi connectivity index (χ0n) is 10.7. The molecule has 0 unspecified atom stereocenters. The zero-order chi connectivity index (χ0) is 14.7. The van der Waals surface area contributed by atoms with Crippen LogP contribution < -0.4 is 20.9 Å². The number of methoxy groups -OCH3 is 1. The van der Waals surface area contributed by atoms with Crippen molar-refractivity contribution in [3.63, 3.8) is 0 Å². The van der Waals surface area contributed by atoms with Gasteiger partial charge in [0.15, 0.2) is 17.2 Å². The summed E-state index contributed by atoms with van der Waals surface area (Å²) >= 11 is 3.35. The van der Waals surface area contributed by atoms with E-state index in [2.05, 4.69) is 15.9 Å². The number of ether oxygens (including phenoxy) is 2. The number of carbonyl (C=O) groups is 1. The molecule has 0 fully saturated rings. The summed E-state index contributed by atoms with van der Waals surface area (Å²) in [4.78, 5) is 11.1. The van der Waals surface area contributed by atoms with E-state index < -0.39 is 5.91 Å². The van der Waals surface area contributed by atoms with Gasteiger partial charge >= 0.3 is 0 Å². The third-order valence-electron chi connectivity index (χ3n) is 2.64. The lowest BCUT2D eigenvalue weighted by atomic mass is 10.2. The summed E-state index contributed by atoms with van der Waals surface area (Å²) in [6, 6.07) is 9.98. The lowest BCUT2D eigenvalue weighted by molar-refractivity contribution is 0.1000. The third kappa shape index (κ3) is 3.03. The van der Waals surface area contributed by atoms with Crippen molar-refractivity contribution < 1.29 is 14.3 Å². The summed E-state index contributed by atoms with van der Waals surface area (Å²) in [5.41, 5.74) is 11.9. The minimum absolute atomic E-state index is 0.344. The maximum Gasteiger partial charge on any atom is 0.248 e. The number of benzene rings is 2. The van der Waals surface area contributed by atoms with Crippen molar-refractivity contribution in [2.24, 2.45) is 5.73 Å². The molecular formula is C14H13BrN2O3. The number of hydrogen-bond acceptors (Lipinski definition) is 4. The first-order chi connectivity index (χ1) is 9.51. The number of primary amides is 1. The first-order valence-corrected chi connectivity index (χ1v) is 6.51. The van der Waals surface area contributed by atoms with E-state index in [-0.39, 0.29) is 0 Å². The van der Waals surface area contributed by atoms with Crippen LogP contribution >= 0.6 is 15.9 Å². The molecule has 0 saturated carbocycles. The lowest BCUT2D eigenvalue weighted by Crippen LogP contribution is -2.10. The predicted octanol–water partition coefficient (Wildman–Crippen LogP) is 2.93. The molecule has 0 spiro atoms. The third-order valence-corrected chi connectivity index (χ3v) is 3.14. The Morgan fingerprint density at radius 3 is 2.50 bits per heavy atom. The van der Waals surface area contributed by atoms with Crippen LogP contribution in [-0.2, 0) is 0 Å². The normalized spacial score (nSPS) is 10.1. The molecule has 0 aliphatic heterocycles. The van der Waals surface area contributed by atoms with Crippen molar-refractivity contribution in [3.8, 4) is 17.2 Å². The summed E-state index contributed by atoms with van der Waals surface area (Å²) in [6.07, 6.45) is 0. The van der Waals surface area contributed by atoms with Crippen LogP contribution in [0.1, 0.15) is 10.4 Å². The number of hydrogen-bond donors (Lipinski definition) is 2. The molecule has 0 aliphatic carbocycles. The van der Waals surface area contributed by atoms with Gasteiger partial charge in [0.1, 0.15) is 0 Å². The first kappa shape index (κ1) is 14.2. The highest BCUT2D eigenvalue weighted by Gasteiger charge is 2.11. The van der Waals surface area contributed by atoms with E-state index in [9.17, 15) is 4.79 Å². The molecule has 0 bridgehead atoms. The van der Waals surface area contributed by atoms with E-state index >= 15 is 0 Å². The number of anilines is 1. The van der Waals surface area contributed by atoms with Gasteiger partial charge in [0, 0.05) is 10.0 Å². The van der Waals surface area contributed by atoms with Crippen LogP contribution in [0.2, 0.25) is 0 Å². The van der Waals surface area contributed by atoms with Crippen molar-refractivity contribution >= 4 is 27.5 Å². The molecule has 104 valence electrons. The Bertz CT molecular complexity index is 659.